The second-order valence-electron chi connectivity index (χ2n) is 8.14. The summed E-state index contributed by atoms with van der Waals surface area (Å²) in [4.78, 5) is 14.5. The van der Waals surface area contributed by atoms with E-state index in [-0.39, 0.29) is 0 Å². The van der Waals surface area contributed by atoms with Crippen LogP contribution >= 0.6 is 0 Å². The highest BCUT2D eigenvalue weighted by atomic mass is 15.3. The molecule has 5 rings (SSSR count). The highest BCUT2D eigenvalue weighted by Gasteiger charge is 2.22. The van der Waals surface area contributed by atoms with Crippen LogP contribution in [0.3, 0.4) is 0 Å². The number of piperazine rings is 1. The third-order valence-corrected chi connectivity index (χ3v) is 6.39. The average Bonchev–Trinajstić information content (AvgIpc) is 3.21. The number of nitrogens with zero attached hydrogens (tertiary/aromatic N) is 5. The lowest BCUT2D eigenvalue weighted by atomic mass is 9.92. The van der Waals surface area contributed by atoms with E-state index in [1.54, 1.807) is 0 Å². The van der Waals surface area contributed by atoms with Gasteiger partial charge in [0, 0.05) is 45.1 Å². The highest BCUT2D eigenvalue weighted by molar-refractivity contribution is 5.53. The maximum absolute atomic E-state index is 4.88. The van der Waals surface area contributed by atoms with E-state index >= 15 is 0 Å². The van der Waals surface area contributed by atoms with Gasteiger partial charge in [0.05, 0.1) is 17.4 Å². The largest absolute Gasteiger partial charge is 0.355 e. The van der Waals surface area contributed by atoms with E-state index in [1.807, 2.05) is 12.3 Å². The Morgan fingerprint density at radius 2 is 2.00 bits per heavy atom. The summed E-state index contributed by atoms with van der Waals surface area (Å²) < 4.78 is 2.26. The minimum atomic E-state index is 0.325. The summed E-state index contributed by atoms with van der Waals surface area (Å²) in [5.41, 5.74) is 4.73. The van der Waals surface area contributed by atoms with Crippen molar-refractivity contribution in [3.63, 3.8) is 0 Å². The van der Waals surface area contributed by atoms with Crippen molar-refractivity contribution < 1.29 is 0 Å². The number of likely N-dealkylation sites (N-methyl/N-ethyl adjacent to an activating group) is 1. The van der Waals surface area contributed by atoms with Crippen molar-refractivity contribution in [1.29, 1.82) is 0 Å². The molecule has 4 heterocycles. The lowest BCUT2D eigenvalue weighted by molar-refractivity contribution is 0.270. The molecule has 0 radical (unpaired) electrons. The average molecular weight is 391 g/mol. The van der Waals surface area contributed by atoms with Crippen molar-refractivity contribution in [3.05, 3.63) is 59.7 Å². The van der Waals surface area contributed by atoms with Gasteiger partial charge in [0.1, 0.15) is 11.5 Å². The minimum absolute atomic E-state index is 0.325. The van der Waals surface area contributed by atoms with E-state index in [0.29, 0.717) is 6.04 Å². The summed E-state index contributed by atoms with van der Waals surface area (Å²) in [5.74, 6) is 1.25. The van der Waals surface area contributed by atoms with Crippen molar-refractivity contribution in [2.45, 2.75) is 38.8 Å². The predicted octanol–water partition coefficient (Wildman–Crippen LogP) is 3.04. The van der Waals surface area contributed by atoms with Gasteiger partial charge in [-0.15, -0.1) is 0 Å². The number of anilines is 1. The van der Waals surface area contributed by atoms with Gasteiger partial charge in [0.2, 0.25) is 0 Å². The fourth-order valence-electron chi connectivity index (χ4n) is 4.72. The third-order valence-electron chi connectivity index (χ3n) is 6.39. The molecule has 0 bridgehead atoms. The van der Waals surface area contributed by atoms with E-state index in [1.165, 1.54) is 23.5 Å². The van der Waals surface area contributed by atoms with Crippen LogP contribution in [0.1, 0.15) is 42.8 Å². The number of aromatic nitrogens is 3. The Bertz CT molecular complexity index is 972. The van der Waals surface area contributed by atoms with Crippen LogP contribution in [-0.4, -0.2) is 52.0 Å². The summed E-state index contributed by atoms with van der Waals surface area (Å²) in [6.07, 6.45) is 7.62. The van der Waals surface area contributed by atoms with Gasteiger partial charge in [-0.3, -0.25) is 9.38 Å². The van der Waals surface area contributed by atoms with E-state index in [0.717, 1.165) is 63.5 Å². The molecule has 29 heavy (non-hydrogen) atoms. The molecule has 3 aromatic heterocycles. The van der Waals surface area contributed by atoms with Crippen LogP contribution in [0.4, 0.5) is 5.82 Å². The Morgan fingerprint density at radius 1 is 1.10 bits per heavy atom. The molecule has 3 aromatic rings. The highest BCUT2D eigenvalue weighted by Crippen LogP contribution is 2.28. The first-order valence-corrected chi connectivity index (χ1v) is 10.9. The number of hydrogen-bond donors (Lipinski definition) is 1. The van der Waals surface area contributed by atoms with Crippen LogP contribution in [0.2, 0.25) is 0 Å². The van der Waals surface area contributed by atoms with Gasteiger partial charge < -0.3 is 15.1 Å². The molecule has 152 valence electrons. The Kier molecular flexibility index (Phi) is 5.21. The third kappa shape index (κ3) is 3.74. The van der Waals surface area contributed by atoms with Crippen LogP contribution in [0.15, 0.2) is 42.7 Å². The van der Waals surface area contributed by atoms with Crippen molar-refractivity contribution in [2.24, 2.45) is 0 Å². The standard InChI is InChI=1S/C23H30N6/c1-2-27-12-14-28(15-13-27)22-10-4-9-21-26-19(17-29(21)22)16-25-20-8-3-6-18-7-5-11-24-23(18)20/h4-5,7,9-11,17,20,25H,2-3,6,8,12-16H2,1H3. The fourth-order valence-corrected chi connectivity index (χ4v) is 4.72. The summed E-state index contributed by atoms with van der Waals surface area (Å²) >= 11 is 0. The molecule has 1 saturated heterocycles. The van der Waals surface area contributed by atoms with Crippen LogP contribution < -0.4 is 10.2 Å². The van der Waals surface area contributed by atoms with Gasteiger partial charge in [-0.05, 0) is 49.6 Å². The zero-order valence-corrected chi connectivity index (χ0v) is 17.2. The first-order chi connectivity index (χ1) is 14.3. The number of hydrogen-bond acceptors (Lipinski definition) is 5. The van der Waals surface area contributed by atoms with Gasteiger partial charge in [-0.2, -0.15) is 0 Å². The van der Waals surface area contributed by atoms with Crippen LogP contribution in [-0.2, 0) is 13.0 Å². The van der Waals surface area contributed by atoms with E-state index < -0.39 is 0 Å². The van der Waals surface area contributed by atoms with Crippen molar-refractivity contribution >= 4 is 11.5 Å². The van der Waals surface area contributed by atoms with Crippen molar-refractivity contribution in [2.75, 3.05) is 37.6 Å². The molecule has 0 spiro atoms. The van der Waals surface area contributed by atoms with Gasteiger partial charge in [-0.1, -0.05) is 19.1 Å². The topological polar surface area (TPSA) is 48.7 Å². The first-order valence-electron chi connectivity index (χ1n) is 10.9. The molecule has 1 unspecified atom stereocenters. The molecule has 1 aliphatic carbocycles. The second kappa shape index (κ2) is 8.13. The minimum Gasteiger partial charge on any atom is -0.355 e. The molecule has 6 heteroatoms. The lowest BCUT2D eigenvalue weighted by Gasteiger charge is -2.35. The fraction of sp³-hybridized carbons (Fsp3) is 0.478. The number of fused-ring (bicyclic) bond motifs is 2. The Morgan fingerprint density at radius 3 is 2.86 bits per heavy atom. The number of nitrogens with one attached hydrogen (secondary N) is 1. The molecule has 1 aliphatic heterocycles. The normalized spacial score (nSPS) is 20.2. The zero-order valence-electron chi connectivity index (χ0n) is 17.2. The second-order valence-corrected chi connectivity index (χ2v) is 8.14. The predicted molar refractivity (Wildman–Crippen MR) is 116 cm³/mol. The number of pyridine rings is 2. The molecule has 0 aromatic carbocycles. The van der Waals surface area contributed by atoms with Gasteiger partial charge in [-0.25, -0.2) is 4.98 Å². The van der Waals surface area contributed by atoms with E-state index in [4.69, 9.17) is 4.98 Å². The monoisotopic (exact) mass is 390 g/mol. The molecule has 0 amide bonds. The van der Waals surface area contributed by atoms with Crippen molar-refractivity contribution in [1.82, 2.24) is 24.6 Å². The van der Waals surface area contributed by atoms with E-state index in [2.05, 4.69) is 61.9 Å². The molecular weight excluding hydrogens is 360 g/mol. The number of rotatable bonds is 5. The molecule has 1 fully saturated rings. The quantitative estimate of drug-likeness (QED) is 0.726. The summed E-state index contributed by atoms with van der Waals surface area (Å²) in [7, 11) is 0. The Labute approximate surface area is 172 Å². The molecule has 1 N–H and O–H groups in total. The summed E-state index contributed by atoms with van der Waals surface area (Å²) in [6, 6.07) is 11.0. The zero-order chi connectivity index (χ0) is 19.6. The van der Waals surface area contributed by atoms with Crippen molar-refractivity contribution in [3.8, 4) is 0 Å². The van der Waals surface area contributed by atoms with Gasteiger partial charge >= 0.3 is 0 Å². The number of aryl methyl sites for hydroxylation is 1. The van der Waals surface area contributed by atoms with Gasteiger partial charge in [0.15, 0.2) is 0 Å². The van der Waals surface area contributed by atoms with E-state index in [9.17, 15) is 0 Å². The Hall–Kier alpha value is -2.44. The molecule has 1 atom stereocenters. The molecule has 2 aliphatic rings. The van der Waals surface area contributed by atoms with Crippen LogP contribution in [0.5, 0.6) is 0 Å². The first kappa shape index (κ1) is 18.6. The van der Waals surface area contributed by atoms with Crippen LogP contribution in [0, 0.1) is 0 Å². The lowest BCUT2D eigenvalue weighted by Crippen LogP contribution is -2.46. The maximum atomic E-state index is 4.88. The maximum Gasteiger partial charge on any atom is 0.138 e. The summed E-state index contributed by atoms with van der Waals surface area (Å²) in [5, 5.41) is 3.71. The molecule has 0 saturated carbocycles. The van der Waals surface area contributed by atoms with Crippen LogP contribution in [0.25, 0.3) is 5.65 Å². The smallest absolute Gasteiger partial charge is 0.138 e. The molecule has 6 nitrogen and oxygen atoms in total. The molecular formula is C23H30N6. The Balaban J connectivity index is 1.32. The SMILES string of the molecule is CCN1CCN(c2cccc3nc(CNC4CCCc5cccnc54)cn23)CC1. The number of imidazole rings is 1. The summed E-state index contributed by atoms with van der Waals surface area (Å²) in [6.45, 7) is 8.55. The van der Waals surface area contributed by atoms with Gasteiger partial charge in [0.25, 0.3) is 0 Å².